The van der Waals surface area contributed by atoms with E-state index in [1.165, 1.54) is 25.3 Å². The highest BCUT2D eigenvalue weighted by Gasteiger charge is 2.36. The molecular formula is C12H16N2O2S. The van der Waals surface area contributed by atoms with Crippen LogP contribution in [0.3, 0.4) is 0 Å². The van der Waals surface area contributed by atoms with E-state index in [1.807, 2.05) is 17.8 Å². The monoisotopic (exact) mass is 252 g/mol. The van der Waals surface area contributed by atoms with Crippen LogP contribution in [0.25, 0.3) is 0 Å². The van der Waals surface area contributed by atoms with E-state index in [2.05, 4.69) is 11.6 Å². The second-order valence-electron chi connectivity index (χ2n) is 4.37. The number of nitro groups is 1. The molecule has 0 unspecified atom stereocenters. The zero-order valence-corrected chi connectivity index (χ0v) is 10.6. The zero-order valence-electron chi connectivity index (χ0n) is 9.81. The average Bonchev–Trinajstić information content (AvgIpc) is 2.28. The molecule has 0 bridgehead atoms. The Labute approximate surface area is 105 Å². The molecule has 1 aliphatic rings. The lowest BCUT2D eigenvalue weighted by atomic mass is 9.84. The van der Waals surface area contributed by atoms with Crippen molar-refractivity contribution in [3.63, 3.8) is 0 Å². The molecule has 5 heteroatoms. The van der Waals surface area contributed by atoms with E-state index in [9.17, 15) is 10.1 Å². The summed E-state index contributed by atoms with van der Waals surface area (Å²) in [5.74, 6) is 0. The summed E-state index contributed by atoms with van der Waals surface area (Å²) >= 11 is 1.86. The van der Waals surface area contributed by atoms with Gasteiger partial charge in [-0.05, 0) is 25.2 Å². The van der Waals surface area contributed by atoms with E-state index >= 15 is 0 Å². The molecule has 92 valence electrons. The number of nitro benzene ring substituents is 1. The van der Waals surface area contributed by atoms with Crippen molar-refractivity contribution in [2.45, 2.75) is 24.0 Å². The Hall–Kier alpha value is -1.23. The SMILES string of the molecule is CSC1(CNc2ccccc2[N+](=O)[O-])CCC1. The molecule has 4 nitrogen and oxygen atoms in total. The molecule has 2 rings (SSSR count). The normalized spacial score (nSPS) is 17.2. The Morgan fingerprint density at radius 1 is 1.47 bits per heavy atom. The van der Waals surface area contributed by atoms with E-state index in [1.54, 1.807) is 12.1 Å². The van der Waals surface area contributed by atoms with Crippen LogP contribution in [-0.2, 0) is 0 Å². The largest absolute Gasteiger partial charge is 0.378 e. The molecule has 0 aliphatic heterocycles. The molecule has 0 aromatic heterocycles. The molecule has 0 radical (unpaired) electrons. The Morgan fingerprint density at radius 3 is 2.71 bits per heavy atom. The highest BCUT2D eigenvalue weighted by Crippen LogP contribution is 2.43. The molecule has 1 aliphatic carbocycles. The summed E-state index contributed by atoms with van der Waals surface area (Å²) in [6.07, 6.45) is 5.77. The number of thioether (sulfide) groups is 1. The molecule has 0 amide bonds. The topological polar surface area (TPSA) is 55.2 Å². The summed E-state index contributed by atoms with van der Waals surface area (Å²) in [6, 6.07) is 6.82. The average molecular weight is 252 g/mol. The first-order valence-corrected chi connectivity index (χ1v) is 6.92. The van der Waals surface area contributed by atoms with Crippen LogP contribution >= 0.6 is 11.8 Å². The molecule has 0 heterocycles. The fourth-order valence-corrected chi connectivity index (χ4v) is 2.98. The molecule has 1 N–H and O–H groups in total. The highest BCUT2D eigenvalue weighted by molar-refractivity contribution is 8.00. The lowest BCUT2D eigenvalue weighted by Crippen LogP contribution is -2.40. The fourth-order valence-electron chi connectivity index (χ4n) is 2.06. The van der Waals surface area contributed by atoms with Crippen molar-refractivity contribution in [1.82, 2.24) is 0 Å². The predicted octanol–water partition coefficient (Wildman–Crippen LogP) is 3.29. The number of para-hydroxylation sites is 2. The third-order valence-electron chi connectivity index (χ3n) is 3.40. The van der Waals surface area contributed by atoms with Crippen LogP contribution in [0.5, 0.6) is 0 Å². The van der Waals surface area contributed by atoms with E-state index in [0.29, 0.717) is 5.69 Å². The number of hydrogen-bond acceptors (Lipinski definition) is 4. The number of anilines is 1. The fraction of sp³-hybridized carbons (Fsp3) is 0.500. The number of benzene rings is 1. The van der Waals surface area contributed by atoms with Crippen LogP contribution in [0.1, 0.15) is 19.3 Å². The molecule has 1 aromatic carbocycles. The van der Waals surface area contributed by atoms with Gasteiger partial charge >= 0.3 is 0 Å². The Bertz CT molecular complexity index is 413. The standard InChI is InChI=1S/C12H16N2O2S/c1-17-12(7-4-8-12)9-13-10-5-2-3-6-11(10)14(15)16/h2-3,5-6,13H,4,7-9H2,1H3. The molecule has 1 aromatic rings. The molecule has 0 saturated heterocycles. The summed E-state index contributed by atoms with van der Waals surface area (Å²) in [7, 11) is 0. The van der Waals surface area contributed by atoms with Gasteiger partial charge in [0, 0.05) is 17.4 Å². The van der Waals surface area contributed by atoms with Crippen LogP contribution in [0.4, 0.5) is 11.4 Å². The first-order valence-electron chi connectivity index (χ1n) is 5.69. The van der Waals surface area contributed by atoms with Crippen LogP contribution in [0.2, 0.25) is 0 Å². The molecule has 1 fully saturated rings. The maximum atomic E-state index is 10.9. The van der Waals surface area contributed by atoms with Crippen LogP contribution in [0.15, 0.2) is 24.3 Å². The van der Waals surface area contributed by atoms with Crippen molar-refractivity contribution in [3.8, 4) is 0 Å². The number of nitrogens with one attached hydrogen (secondary N) is 1. The van der Waals surface area contributed by atoms with Crippen LogP contribution in [-0.4, -0.2) is 22.5 Å². The molecule has 0 atom stereocenters. The van der Waals surface area contributed by atoms with Gasteiger partial charge in [-0.1, -0.05) is 18.6 Å². The molecular weight excluding hydrogens is 236 g/mol. The van der Waals surface area contributed by atoms with Gasteiger partial charge in [0.1, 0.15) is 5.69 Å². The third kappa shape index (κ3) is 2.54. The van der Waals surface area contributed by atoms with Crippen LogP contribution < -0.4 is 5.32 Å². The second kappa shape index (κ2) is 4.96. The van der Waals surface area contributed by atoms with Gasteiger partial charge in [0.15, 0.2) is 0 Å². The van der Waals surface area contributed by atoms with Gasteiger partial charge in [0.05, 0.1) is 4.92 Å². The van der Waals surface area contributed by atoms with Gasteiger partial charge in [0.25, 0.3) is 5.69 Å². The summed E-state index contributed by atoms with van der Waals surface area (Å²) in [5.41, 5.74) is 0.779. The molecule has 17 heavy (non-hydrogen) atoms. The smallest absolute Gasteiger partial charge is 0.292 e. The lowest BCUT2D eigenvalue weighted by Gasteiger charge is -2.40. The zero-order chi connectivity index (χ0) is 12.3. The van der Waals surface area contributed by atoms with Gasteiger partial charge < -0.3 is 5.32 Å². The Morgan fingerprint density at radius 2 is 2.18 bits per heavy atom. The van der Waals surface area contributed by atoms with Crippen molar-refractivity contribution in [2.24, 2.45) is 0 Å². The summed E-state index contributed by atoms with van der Waals surface area (Å²) in [5, 5.41) is 14.1. The predicted molar refractivity (Wildman–Crippen MR) is 71.7 cm³/mol. The first kappa shape index (κ1) is 12.2. The number of nitrogens with zero attached hydrogens (tertiary/aromatic N) is 1. The van der Waals surface area contributed by atoms with Gasteiger partial charge in [-0.2, -0.15) is 11.8 Å². The Balaban J connectivity index is 2.06. The van der Waals surface area contributed by atoms with Crippen molar-refractivity contribution in [1.29, 1.82) is 0 Å². The minimum Gasteiger partial charge on any atom is -0.378 e. The number of hydrogen-bond donors (Lipinski definition) is 1. The van der Waals surface area contributed by atoms with E-state index in [4.69, 9.17) is 0 Å². The van der Waals surface area contributed by atoms with E-state index in [0.717, 1.165) is 6.54 Å². The molecule has 1 saturated carbocycles. The Kier molecular flexibility index (Phi) is 3.57. The van der Waals surface area contributed by atoms with E-state index in [-0.39, 0.29) is 15.4 Å². The summed E-state index contributed by atoms with van der Waals surface area (Å²) in [6.45, 7) is 0.805. The number of rotatable bonds is 5. The van der Waals surface area contributed by atoms with Crippen molar-refractivity contribution in [3.05, 3.63) is 34.4 Å². The van der Waals surface area contributed by atoms with Crippen molar-refractivity contribution < 1.29 is 4.92 Å². The van der Waals surface area contributed by atoms with Gasteiger partial charge in [0.2, 0.25) is 0 Å². The quantitative estimate of drug-likeness (QED) is 0.645. The summed E-state index contributed by atoms with van der Waals surface area (Å²) < 4.78 is 0.281. The van der Waals surface area contributed by atoms with Crippen molar-refractivity contribution >= 4 is 23.1 Å². The van der Waals surface area contributed by atoms with E-state index < -0.39 is 0 Å². The maximum absolute atomic E-state index is 10.9. The van der Waals surface area contributed by atoms with Crippen LogP contribution in [0, 0.1) is 10.1 Å². The third-order valence-corrected chi connectivity index (χ3v) is 4.82. The second-order valence-corrected chi connectivity index (χ2v) is 5.64. The highest BCUT2D eigenvalue weighted by atomic mass is 32.2. The van der Waals surface area contributed by atoms with Crippen molar-refractivity contribution in [2.75, 3.05) is 18.1 Å². The summed E-state index contributed by atoms with van der Waals surface area (Å²) in [4.78, 5) is 10.5. The minimum absolute atomic E-state index is 0.156. The van der Waals surface area contributed by atoms with Gasteiger partial charge in [-0.3, -0.25) is 10.1 Å². The first-order chi connectivity index (χ1) is 8.17. The maximum Gasteiger partial charge on any atom is 0.292 e. The van der Waals surface area contributed by atoms with Gasteiger partial charge in [-0.25, -0.2) is 0 Å². The lowest BCUT2D eigenvalue weighted by molar-refractivity contribution is -0.384. The van der Waals surface area contributed by atoms with Gasteiger partial charge in [-0.15, -0.1) is 0 Å². The minimum atomic E-state index is -0.338. The molecule has 0 spiro atoms.